The van der Waals surface area contributed by atoms with Gasteiger partial charge in [0.05, 0.1) is 12.5 Å². The predicted molar refractivity (Wildman–Crippen MR) is 69.4 cm³/mol. The van der Waals surface area contributed by atoms with Crippen molar-refractivity contribution in [2.45, 2.75) is 38.3 Å². The number of hydrogen-bond acceptors (Lipinski definition) is 5. The molecule has 3 N–H and O–H groups in total. The standard InChI is InChI=1S/C11H21N3O4S/c1-2-18-11(15)8-3-5-14(6-4-8)19(16,17)13-10-7-9(10)12/h8-10,13H,2-7,12H2,1H3. The third kappa shape index (κ3) is 3.65. The highest BCUT2D eigenvalue weighted by molar-refractivity contribution is 7.87. The molecule has 110 valence electrons. The largest absolute Gasteiger partial charge is 0.466 e. The fourth-order valence-corrected chi connectivity index (χ4v) is 3.70. The summed E-state index contributed by atoms with van der Waals surface area (Å²) >= 11 is 0. The van der Waals surface area contributed by atoms with Crippen molar-refractivity contribution in [3.63, 3.8) is 0 Å². The number of rotatable bonds is 5. The number of carbonyl (C=O) groups excluding carboxylic acids is 1. The molecular weight excluding hydrogens is 270 g/mol. The van der Waals surface area contributed by atoms with E-state index in [2.05, 4.69) is 4.72 Å². The van der Waals surface area contributed by atoms with E-state index >= 15 is 0 Å². The molecule has 2 unspecified atom stereocenters. The van der Waals surface area contributed by atoms with Crippen molar-refractivity contribution in [1.82, 2.24) is 9.03 Å². The first-order chi connectivity index (χ1) is 8.94. The minimum atomic E-state index is -3.46. The molecule has 19 heavy (non-hydrogen) atoms. The number of piperidine rings is 1. The highest BCUT2D eigenvalue weighted by Gasteiger charge is 2.40. The Bertz CT molecular complexity index is 431. The van der Waals surface area contributed by atoms with Crippen LogP contribution in [-0.2, 0) is 19.7 Å². The van der Waals surface area contributed by atoms with Crippen molar-refractivity contribution < 1.29 is 17.9 Å². The molecule has 0 aromatic rings. The normalized spacial score (nSPS) is 29.2. The Balaban J connectivity index is 1.83. The lowest BCUT2D eigenvalue weighted by atomic mass is 9.98. The molecule has 0 bridgehead atoms. The lowest BCUT2D eigenvalue weighted by molar-refractivity contribution is -0.149. The summed E-state index contributed by atoms with van der Waals surface area (Å²) in [5.41, 5.74) is 5.59. The molecule has 1 saturated heterocycles. The Morgan fingerprint density at radius 1 is 1.42 bits per heavy atom. The van der Waals surface area contributed by atoms with E-state index in [0.717, 1.165) is 0 Å². The summed E-state index contributed by atoms with van der Waals surface area (Å²) < 4.78 is 33.0. The van der Waals surface area contributed by atoms with Crippen LogP contribution in [0.3, 0.4) is 0 Å². The lowest BCUT2D eigenvalue weighted by Gasteiger charge is -2.30. The third-order valence-corrected chi connectivity index (χ3v) is 5.20. The monoisotopic (exact) mass is 291 g/mol. The molecule has 0 radical (unpaired) electrons. The van der Waals surface area contributed by atoms with Crippen LogP contribution in [0.4, 0.5) is 0 Å². The van der Waals surface area contributed by atoms with E-state index in [0.29, 0.717) is 39.0 Å². The minimum absolute atomic E-state index is 0.0631. The zero-order valence-electron chi connectivity index (χ0n) is 11.0. The van der Waals surface area contributed by atoms with E-state index in [9.17, 15) is 13.2 Å². The zero-order chi connectivity index (χ0) is 14.0. The van der Waals surface area contributed by atoms with Crippen molar-refractivity contribution in [3.05, 3.63) is 0 Å². The molecule has 1 aliphatic heterocycles. The van der Waals surface area contributed by atoms with Gasteiger partial charge in [0.15, 0.2) is 0 Å². The van der Waals surface area contributed by atoms with Gasteiger partial charge in [0, 0.05) is 25.2 Å². The Morgan fingerprint density at radius 2 is 2.00 bits per heavy atom. The lowest BCUT2D eigenvalue weighted by Crippen LogP contribution is -2.47. The fourth-order valence-electron chi connectivity index (χ4n) is 2.21. The summed E-state index contributed by atoms with van der Waals surface area (Å²) in [5.74, 6) is -0.411. The first kappa shape index (κ1) is 14.7. The quantitative estimate of drug-likeness (QED) is 0.645. The van der Waals surface area contributed by atoms with Crippen LogP contribution in [0.1, 0.15) is 26.2 Å². The van der Waals surface area contributed by atoms with E-state index in [1.54, 1.807) is 6.92 Å². The smallest absolute Gasteiger partial charge is 0.309 e. The van der Waals surface area contributed by atoms with Crippen molar-refractivity contribution >= 4 is 16.2 Å². The van der Waals surface area contributed by atoms with Gasteiger partial charge in [-0.2, -0.15) is 17.4 Å². The number of nitrogens with one attached hydrogen (secondary N) is 1. The van der Waals surface area contributed by atoms with E-state index in [1.807, 2.05) is 0 Å². The summed E-state index contributed by atoms with van der Waals surface area (Å²) in [6, 6.07) is -0.195. The Labute approximate surface area is 113 Å². The molecule has 1 heterocycles. The van der Waals surface area contributed by atoms with Crippen LogP contribution in [0.25, 0.3) is 0 Å². The van der Waals surface area contributed by atoms with Crippen LogP contribution >= 0.6 is 0 Å². The molecular formula is C11H21N3O4S. The molecule has 2 atom stereocenters. The molecule has 2 fully saturated rings. The number of hydrogen-bond donors (Lipinski definition) is 2. The average Bonchev–Trinajstić information content (AvgIpc) is 3.04. The molecule has 7 nitrogen and oxygen atoms in total. The second-order valence-corrected chi connectivity index (χ2v) is 6.76. The molecule has 0 spiro atoms. The number of ether oxygens (including phenoxy) is 1. The van der Waals surface area contributed by atoms with Crippen molar-refractivity contribution in [2.75, 3.05) is 19.7 Å². The molecule has 2 aliphatic rings. The highest BCUT2D eigenvalue weighted by atomic mass is 32.2. The van der Waals surface area contributed by atoms with Gasteiger partial charge in [0.2, 0.25) is 0 Å². The SMILES string of the molecule is CCOC(=O)C1CCN(S(=O)(=O)NC2CC2N)CC1. The summed E-state index contributed by atoms with van der Waals surface area (Å²) in [7, 11) is -3.46. The molecule has 0 amide bonds. The Kier molecular flexibility index (Phi) is 4.44. The number of nitrogens with zero attached hydrogens (tertiary/aromatic N) is 1. The topological polar surface area (TPSA) is 102 Å². The van der Waals surface area contributed by atoms with Gasteiger partial charge in [0.25, 0.3) is 10.2 Å². The van der Waals surface area contributed by atoms with Gasteiger partial charge in [-0.1, -0.05) is 0 Å². The van der Waals surface area contributed by atoms with E-state index in [-0.39, 0.29) is 24.0 Å². The van der Waals surface area contributed by atoms with Crippen molar-refractivity contribution in [1.29, 1.82) is 0 Å². The third-order valence-electron chi connectivity index (χ3n) is 3.55. The van der Waals surface area contributed by atoms with Gasteiger partial charge in [0.1, 0.15) is 0 Å². The molecule has 1 saturated carbocycles. The van der Waals surface area contributed by atoms with Crippen LogP contribution in [0.2, 0.25) is 0 Å². The van der Waals surface area contributed by atoms with Crippen LogP contribution in [0.5, 0.6) is 0 Å². The maximum atomic E-state index is 12.0. The number of esters is 1. The minimum Gasteiger partial charge on any atom is -0.466 e. The van der Waals surface area contributed by atoms with Crippen LogP contribution in [0.15, 0.2) is 0 Å². The number of carbonyl (C=O) groups is 1. The molecule has 1 aliphatic carbocycles. The van der Waals surface area contributed by atoms with E-state index in [1.165, 1.54) is 4.31 Å². The highest BCUT2D eigenvalue weighted by Crippen LogP contribution is 2.23. The summed E-state index contributed by atoms with van der Waals surface area (Å²) in [4.78, 5) is 11.6. The van der Waals surface area contributed by atoms with Crippen LogP contribution < -0.4 is 10.5 Å². The molecule has 0 aromatic heterocycles. The van der Waals surface area contributed by atoms with Crippen molar-refractivity contribution in [2.24, 2.45) is 11.7 Å². The van der Waals surface area contributed by atoms with Gasteiger partial charge in [-0.25, -0.2) is 0 Å². The zero-order valence-corrected chi connectivity index (χ0v) is 11.9. The predicted octanol–water partition coefficient (Wildman–Crippen LogP) is -0.804. The average molecular weight is 291 g/mol. The van der Waals surface area contributed by atoms with E-state index < -0.39 is 10.2 Å². The summed E-state index contributed by atoms with van der Waals surface area (Å²) in [6.07, 6.45) is 1.71. The van der Waals surface area contributed by atoms with Gasteiger partial charge < -0.3 is 10.5 Å². The van der Waals surface area contributed by atoms with Gasteiger partial charge in [-0.15, -0.1) is 0 Å². The molecule has 0 aromatic carbocycles. The second kappa shape index (κ2) is 5.74. The maximum absolute atomic E-state index is 12.0. The molecule has 2 rings (SSSR count). The summed E-state index contributed by atoms with van der Waals surface area (Å²) in [5, 5.41) is 0. The Hall–Kier alpha value is -0.700. The van der Waals surface area contributed by atoms with Gasteiger partial charge in [-0.3, -0.25) is 4.79 Å². The Morgan fingerprint density at radius 3 is 2.47 bits per heavy atom. The first-order valence-electron chi connectivity index (χ1n) is 6.63. The van der Waals surface area contributed by atoms with Gasteiger partial charge >= 0.3 is 5.97 Å². The fraction of sp³-hybridized carbons (Fsp3) is 0.909. The maximum Gasteiger partial charge on any atom is 0.309 e. The molecule has 8 heteroatoms. The van der Waals surface area contributed by atoms with E-state index in [4.69, 9.17) is 10.5 Å². The van der Waals surface area contributed by atoms with Crippen molar-refractivity contribution in [3.8, 4) is 0 Å². The number of nitrogens with two attached hydrogens (primary N) is 1. The second-order valence-electron chi connectivity index (χ2n) is 5.05. The summed E-state index contributed by atoms with van der Waals surface area (Å²) in [6.45, 7) is 2.82. The van der Waals surface area contributed by atoms with Crippen LogP contribution in [0, 0.1) is 5.92 Å². The van der Waals surface area contributed by atoms with Crippen LogP contribution in [-0.4, -0.2) is 50.5 Å². The first-order valence-corrected chi connectivity index (χ1v) is 8.07. The van der Waals surface area contributed by atoms with Gasteiger partial charge in [-0.05, 0) is 26.2 Å².